The molecule has 8 nitrogen and oxygen atoms in total. The highest BCUT2D eigenvalue weighted by atomic mass is 32.2. The Morgan fingerprint density at radius 3 is 2.50 bits per heavy atom. The zero-order chi connectivity index (χ0) is 20.4. The first kappa shape index (κ1) is 20.2. The molecule has 0 bridgehead atoms. The molecule has 0 atom stereocenters. The second-order valence-corrected chi connectivity index (χ2v) is 8.60. The second kappa shape index (κ2) is 7.86. The van der Waals surface area contributed by atoms with Crippen molar-refractivity contribution < 1.29 is 18.1 Å². The second-order valence-electron chi connectivity index (χ2n) is 7.04. The lowest BCUT2D eigenvalue weighted by Gasteiger charge is -2.39. The third-order valence-corrected chi connectivity index (χ3v) is 6.19. The number of nitrogens with zero attached hydrogens (tertiary/aromatic N) is 1. The monoisotopic (exact) mass is 405 g/mol. The van der Waals surface area contributed by atoms with E-state index in [1.807, 2.05) is 12.1 Å². The number of hydrogen-bond donors (Lipinski definition) is 2. The van der Waals surface area contributed by atoms with Gasteiger partial charge in [0, 0.05) is 31.2 Å². The van der Waals surface area contributed by atoms with Crippen molar-refractivity contribution >= 4 is 21.4 Å². The number of nitrogens with two attached hydrogens (primary N) is 1. The molecule has 2 aromatic carbocycles. The molecule has 0 saturated carbocycles. The summed E-state index contributed by atoms with van der Waals surface area (Å²) in [6, 6.07) is 11.8. The first-order valence-corrected chi connectivity index (χ1v) is 10.5. The molecule has 3 N–H and O–H groups in total. The summed E-state index contributed by atoms with van der Waals surface area (Å²) < 4.78 is 28.6. The lowest BCUT2D eigenvalue weighted by Crippen LogP contribution is -2.40. The molecule has 1 aliphatic heterocycles. The first-order valence-electron chi connectivity index (χ1n) is 8.92. The maximum Gasteiger partial charge on any atom is 0.293 e. The van der Waals surface area contributed by atoms with E-state index >= 15 is 0 Å². The molecule has 1 aliphatic rings. The fraction of sp³-hybridized carbons (Fsp3) is 0.368. The largest absolute Gasteiger partial charge is 0.381 e. The minimum atomic E-state index is -4.02. The van der Waals surface area contributed by atoms with Crippen molar-refractivity contribution in [3.05, 3.63) is 63.7 Å². The van der Waals surface area contributed by atoms with Gasteiger partial charge in [0.2, 0.25) is 10.0 Å². The molecule has 0 amide bonds. The average Bonchev–Trinajstić information content (AvgIpc) is 2.66. The molecule has 0 radical (unpaired) electrons. The van der Waals surface area contributed by atoms with Gasteiger partial charge < -0.3 is 10.1 Å². The smallest absolute Gasteiger partial charge is 0.293 e. The zero-order valence-electron chi connectivity index (χ0n) is 15.6. The number of aryl methyl sites for hydroxylation is 1. The number of nitrogens with one attached hydrogen (secondary N) is 1. The molecule has 2 aromatic rings. The fourth-order valence-corrected chi connectivity index (χ4v) is 4.26. The van der Waals surface area contributed by atoms with Gasteiger partial charge in [-0.25, -0.2) is 13.6 Å². The van der Waals surface area contributed by atoms with Crippen molar-refractivity contribution in [1.29, 1.82) is 0 Å². The SMILES string of the molecule is Cc1ccccc1C1(CNc2ccc(S(N)(=O)=O)cc2[N+](=O)[O-])CCOCC1. The summed E-state index contributed by atoms with van der Waals surface area (Å²) in [6.45, 7) is 3.75. The summed E-state index contributed by atoms with van der Waals surface area (Å²) in [4.78, 5) is 10.6. The lowest BCUT2D eigenvalue weighted by atomic mass is 9.72. The molecule has 1 fully saturated rings. The Balaban J connectivity index is 1.94. The number of primary sulfonamides is 1. The lowest BCUT2D eigenvalue weighted by molar-refractivity contribution is -0.384. The summed E-state index contributed by atoms with van der Waals surface area (Å²) in [5, 5.41) is 19.7. The van der Waals surface area contributed by atoms with Crippen LogP contribution in [0.5, 0.6) is 0 Å². The van der Waals surface area contributed by atoms with Crippen LogP contribution in [-0.4, -0.2) is 33.1 Å². The van der Waals surface area contributed by atoms with E-state index in [0.717, 1.165) is 24.5 Å². The van der Waals surface area contributed by atoms with Crippen LogP contribution in [-0.2, 0) is 20.2 Å². The van der Waals surface area contributed by atoms with Crippen LogP contribution in [0, 0.1) is 17.0 Å². The Bertz CT molecular complexity index is 985. The van der Waals surface area contributed by atoms with Gasteiger partial charge in [0.1, 0.15) is 5.69 Å². The highest BCUT2D eigenvalue weighted by molar-refractivity contribution is 7.89. The molecule has 0 aliphatic carbocycles. The standard InChI is InChI=1S/C19H23N3O5S/c1-14-4-2-3-5-16(14)19(8-10-27-11-9-19)13-21-17-7-6-15(28(20,25)26)12-18(17)22(23)24/h2-7,12,21H,8-11,13H2,1H3,(H2,20,25,26). The van der Waals surface area contributed by atoms with Gasteiger partial charge in [-0.2, -0.15) is 0 Å². The molecule has 28 heavy (non-hydrogen) atoms. The van der Waals surface area contributed by atoms with E-state index < -0.39 is 14.9 Å². The van der Waals surface area contributed by atoms with Crippen molar-refractivity contribution in [3.63, 3.8) is 0 Å². The highest BCUT2D eigenvalue weighted by Gasteiger charge is 2.36. The minimum Gasteiger partial charge on any atom is -0.381 e. The number of nitro groups is 1. The van der Waals surface area contributed by atoms with E-state index in [0.29, 0.717) is 19.8 Å². The van der Waals surface area contributed by atoms with Crippen LogP contribution in [0.25, 0.3) is 0 Å². The van der Waals surface area contributed by atoms with Crippen LogP contribution in [0.3, 0.4) is 0 Å². The third kappa shape index (κ3) is 4.16. The van der Waals surface area contributed by atoms with E-state index in [1.54, 1.807) is 0 Å². The van der Waals surface area contributed by atoms with Crippen LogP contribution in [0.4, 0.5) is 11.4 Å². The fourth-order valence-electron chi connectivity index (χ4n) is 3.72. The Morgan fingerprint density at radius 1 is 1.21 bits per heavy atom. The quantitative estimate of drug-likeness (QED) is 0.562. The molecule has 0 aromatic heterocycles. The molecule has 0 unspecified atom stereocenters. The van der Waals surface area contributed by atoms with Gasteiger partial charge in [-0.15, -0.1) is 0 Å². The van der Waals surface area contributed by atoms with E-state index in [4.69, 9.17) is 9.88 Å². The van der Waals surface area contributed by atoms with E-state index in [9.17, 15) is 18.5 Å². The topological polar surface area (TPSA) is 125 Å². The third-order valence-electron chi connectivity index (χ3n) is 5.28. The maximum atomic E-state index is 11.5. The van der Waals surface area contributed by atoms with Gasteiger partial charge in [-0.05, 0) is 43.0 Å². The molecule has 9 heteroatoms. The van der Waals surface area contributed by atoms with Crippen LogP contribution >= 0.6 is 0 Å². The van der Waals surface area contributed by atoms with Gasteiger partial charge in [-0.3, -0.25) is 10.1 Å². The van der Waals surface area contributed by atoms with Crippen LogP contribution in [0.1, 0.15) is 24.0 Å². The number of rotatable bonds is 6. The van der Waals surface area contributed by atoms with E-state index in [1.165, 1.54) is 17.7 Å². The molecule has 1 saturated heterocycles. The predicted octanol–water partition coefficient (Wildman–Crippen LogP) is 2.71. The Hall–Kier alpha value is -2.49. The van der Waals surface area contributed by atoms with Gasteiger partial charge in [0.05, 0.1) is 9.82 Å². The van der Waals surface area contributed by atoms with Crippen molar-refractivity contribution in [1.82, 2.24) is 0 Å². The van der Waals surface area contributed by atoms with Crippen molar-refractivity contribution in [2.45, 2.75) is 30.1 Å². The molecule has 150 valence electrons. The van der Waals surface area contributed by atoms with Crippen molar-refractivity contribution in [3.8, 4) is 0 Å². The molecule has 3 rings (SSSR count). The Labute approximate surface area is 163 Å². The number of sulfonamides is 1. The van der Waals surface area contributed by atoms with Crippen molar-refractivity contribution in [2.75, 3.05) is 25.1 Å². The Kier molecular flexibility index (Phi) is 5.69. The number of anilines is 1. The number of hydrogen-bond acceptors (Lipinski definition) is 6. The van der Waals surface area contributed by atoms with Gasteiger partial charge in [-0.1, -0.05) is 24.3 Å². The minimum absolute atomic E-state index is 0.226. The number of nitro benzene ring substituents is 1. The van der Waals surface area contributed by atoms with Crippen LogP contribution in [0.15, 0.2) is 47.4 Å². The number of ether oxygens (including phenoxy) is 1. The summed E-state index contributed by atoms with van der Waals surface area (Å²) in [7, 11) is -4.02. The molecule has 0 spiro atoms. The zero-order valence-corrected chi connectivity index (χ0v) is 16.4. The van der Waals surface area contributed by atoms with Crippen LogP contribution in [0.2, 0.25) is 0 Å². The highest BCUT2D eigenvalue weighted by Crippen LogP contribution is 2.38. The summed E-state index contributed by atoms with van der Waals surface area (Å²) in [5.41, 5.74) is 2.06. The van der Waals surface area contributed by atoms with Crippen LogP contribution < -0.4 is 10.5 Å². The van der Waals surface area contributed by atoms with E-state index in [-0.39, 0.29) is 21.7 Å². The summed E-state index contributed by atoms with van der Waals surface area (Å²) in [6.07, 6.45) is 1.57. The molecule has 1 heterocycles. The van der Waals surface area contributed by atoms with Gasteiger partial charge in [0.25, 0.3) is 5.69 Å². The maximum absolute atomic E-state index is 11.5. The van der Waals surface area contributed by atoms with Gasteiger partial charge in [0.15, 0.2) is 0 Å². The normalized spacial score (nSPS) is 16.5. The first-order chi connectivity index (χ1) is 13.2. The molecular weight excluding hydrogens is 382 g/mol. The predicted molar refractivity (Wildman–Crippen MR) is 106 cm³/mol. The van der Waals surface area contributed by atoms with Crippen molar-refractivity contribution in [2.24, 2.45) is 5.14 Å². The van der Waals surface area contributed by atoms with Gasteiger partial charge >= 0.3 is 0 Å². The van der Waals surface area contributed by atoms with E-state index in [2.05, 4.69) is 24.4 Å². The molecular formula is C19H23N3O5S. The average molecular weight is 405 g/mol. The summed E-state index contributed by atoms with van der Waals surface area (Å²) >= 11 is 0. The number of benzene rings is 2. The summed E-state index contributed by atoms with van der Waals surface area (Å²) in [5.74, 6) is 0. The Morgan fingerprint density at radius 2 is 1.89 bits per heavy atom.